The van der Waals surface area contributed by atoms with Crippen LogP contribution in [0.1, 0.15) is 36.0 Å². The van der Waals surface area contributed by atoms with Crippen molar-refractivity contribution >= 4 is 27.2 Å². The van der Waals surface area contributed by atoms with Crippen LogP contribution in [0.2, 0.25) is 0 Å². The summed E-state index contributed by atoms with van der Waals surface area (Å²) in [4.78, 5) is 10.1. The van der Waals surface area contributed by atoms with Crippen molar-refractivity contribution in [1.29, 1.82) is 0 Å². The molecular weight excluding hydrogens is 581 g/mol. The van der Waals surface area contributed by atoms with Gasteiger partial charge in [0.2, 0.25) is 0 Å². The number of allylic oxidation sites excluding steroid dienone is 12. The number of aromatic nitrogens is 2. The van der Waals surface area contributed by atoms with Gasteiger partial charge in [0, 0.05) is 33.5 Å². The minimum Gasteiger partial charge on any atom is -0.256 e. The highest BCUT2D eigenvalue weighted by molar-refractivity contribution is 6.13. The maximum atomic E-state index is 5.40. The van der Waals surface area contributed by atoms with Crippen LogP contribution in [0, 0.1) is 0 Å². The van der Waals surface area contributed by atoms with Crippen LogP contribution in [0.25, 0.3) is 49.8 Å². The molecule has 2 heteroatoms. The Bertz CT molecular complexity index is 2400. The van der Waals surface area contributed by atoms with Crippen molar-refractivity contribution in [3.05, 3.63) is 198 Å². The standard InChI is InChI=1S/C46H34N2/c1-2-6-17-32(16-5-1)31-46(35-20-7-3-8-21-35)41-24-10-4-9-22-36(41)39-29-38-37-23-11-12-26-44(37)48-45(40(38)30-42(39)46)34-19-15-18-33(28-34)43-25-13-14-27-47-43/h1-5,7-23,25-30H,6,24,31H2. The lowest BCUT2D eigenvalue weighted by Crippen LogP contribution is -2.29. The molecule has 2 nitrogen and oxygen atoms in total. The van der Waals surface area contributed by atoms with Gasteiger partial charge in [-0.1, -0.05) is 133 Å². The van der Waals surface area contributed by atoms with Gasteiger partial charge in [-0.25, -0.2) is 4.98 Å². The molecule has 0 bridgehead atoms. The van der Waals surface area contributed by atoms with Crippen molar-refractivity contribution in [3.63, 3.8) is 0 Å². The Morgan fingerprint density at radius 3 is 2.40 bits per heavy atom. The first kappa shape index (κ1) is 28.4. The molecule has 228 valence electrons. The van der Waals surface area contributed by atoms with E-state index in [1.807, 2.05) is 18.3 Å². The molecule has 9 rings (SSSR count). The van der Waals surface area contributed by atoms with Crippen molar-refractivity contribution in [2.75, 3.05) is 0 Å². The summed E-state index contributed by atoms with van der Waals surface area (Å²) in [5.74, 6) is 0. The van der Waals surface area contributed by atoms with E-state index in [9.17, 15) is 0 Å². The molecule has 0 aliphatic heterocycles. The fourth-order valence-corrected chi connectivity index (χ4v) is 8.02. The molecule has 0 N–H and O–H groups in total. The lowest BCUT2D eigenvalue weighted by molar-refractivity contribution is 0.602. The molecular formula is C46H34N2. The molecule has 3 aliphatic carbocycles. The smallest absolute Gasteiger partial charge is 0.0788 e. The van der Waals surface area contributed by atoms with Crippen molar-refractivity contribution in [2.24, 2.45) is 0 Å². The van der Waals surface area contributed by atoms with Crippen LogP contribution in [-0.2, 0) is 5.41 Å². The zero-order valence-corrected chi connectivity index (χ0v) is 26.7. The zero-order valence-electron chi connectivity index (χ0n) is 26.7. The van der Waals surface area contributed by atoms with Crippen LogP contribution in [0.15, 0.2) is 181 Å². The number of rotatable bonds is 5. The van der Waals surface area contributed by atoms with E-state index < -0.39 is 0 Å². The van der Waals surface area contributed by atoms with Gasteiger partial charge in [0.05, 0.1) is 16.9 Å². The van der Waals surface area contributed by atoms with Gasteiger partial charge in [0.15, 0.2) is 0 Å². The van der Waals surface area contributed by atoms with Gasteiger partial charge in [0.25, 0.3) is 0 Å². The van der Waals surface area contributed by atoms with Gasteiger partial charge >= 0.3 is 0 Å². The van der Waals surface area contributed by atoms with E-state index in [0.29, 0.717) is 0 Å². The third kappa shape index (κ3) is 4.64. The van der Waals surface area contributed by atoms with Crippen LogP contribution < -0.4 is 0 Å². The minimum absolute atomic E-state index is 0.335. The van der Waals surface area contributed by atoms with Gasteiger partial charge in [-0.3, -0.25) is 4.98 Å². The maximum absolute atomic E-state index is 5.40. The molecule has 0 saturated heterocycles. The number of fused-ring (bicyclic) bond motifs is 5. The average Bonchev–Trinajstić information content (AvgIpc) is 3.43. The van der Waals surface area contributed by atoms with E-state index in [2.05, 4.69) is 157 Å². The number of hydrogen-bond acceptors (Lipinski definition) is 2. The second kappa shape index (κ2) is 11.7. The Morgan fingerprint density at radius 1 is 0.646 bits per heavy atom. The van der Waals surface area contributed by atoms with Crippen LogP contribution in [-0.4, -0.2) is 9.97 Å². The Labute approximate surface area is 281 Å². The summed E-state index contributed by atoms with van der Waals surface area (Å²) in [6.07, 6.45) is 25.0. The molecule has 1 unspecified atom stereocenters. The van der Waals surface area contributed by atoms with E-state index in [4.69, 9.17) is 4.98 Å². The van der Waals surface area contributed by atoms with Crippen molar-refractivity contribution in [2.45, 2.75) is 24.7 Å². The summed E-state index contributed by atoms with van der Waals surface area (Å²) >= 11 is 0. The highest BCUT2D eigenvalue weighted by atomic mass is 14.7. The minimum atomic E-state index is -0.335. The summed E-state index contributed by atoms with van der Waals surface area (Å²) in [5.41, 5.74) is 13.0. The largest absolute Gasteiger partial charge is 0.256 e. The number of hydrogen-bond donors (Lipinski definition) is 0. The van der Waals surface area contributed by atoms with E-state index in [1.54, 1.807) is 0 Å². The normalized spacial score (nSPS) is 18.1. The first-order valence-electron chi connectivity index (χ1n) is 16.8. The van der Waals surface area contributed by atoms with Crippen LogP contribution in [0.5, 0.6) is 0 Å². The summed E-state index contributed by atoms with van der Waals surface area (Å²) in [5, 5.41) is 3.59. The Morgan fingerprint density at radius 2 is 1.48 bits per heavy atom. The molecule has 0 fully saturated rings. The van der Waals surface area contributed by atoms with Crippen LogP contribution in [0.3, 0.4) is 0 Å². The Balaban J connectivity index is 1.37. The Kier molecular flexibility index (Phi) is 6.94. The highest BCUT2D eigenvalue weighted by Crippen LogP contribution is 2.57. The molecule has 2 heterocycles. The second-order valence-electron chi connectivity index (χ2n) is 12.9. The molecule has 48 heavy (non-hydrogen) atoms. The molecule has 0 radical (unpaired) electrons. The quantitative estimate of drug-likeness (QED) is 0.181. The Hall–Kier alpha value is -5.86. The number of nitrogens with zero attached hydrogens (tertiary/aromatic N) is 2. The number of benzene rings is 4. The third-order valence-electron chi connectivity index (χ3n) is 10.2. The lowest BCUT2D eigenvalue weighted by Gasteiger charge is -2.36. The SMILES string of the molecule is C1=CCC=C(CC2(c3ccccc3)C3=C(C=CC=CC3)c3cc4c(cc32)c(-c2cccc(-c3ccccn3)c2)nc2ccccc24)C=C1. The number of pyridine rings is 2. The molecule has 3 aliphatic rings. The fraction of sp³-hybridized carbons (Fsp3) is 0.0870. The molecule has 6 aromatic rings. The topological polar surface area (TPSA) is 25.8 Å². The molecule has 0 spiro atoms. The summed E-state index contributed by atoms with van der Waals surface area (Å²) in [7, 11) is 0. The lowest BCUT2D eigenvalue weighted by atomic mass is 9.66. The van der Waals surface area contributed by atoms with Gasteiger partial charge in [-0.2, -0.15) is 0 Å². The number of para-hydroxylation sites is 1. The van der Waals surface area contributed by atoms with Crippen molar-refractivity contribution < 1.29 is 0 Å². The molecule has 2 aromatic heterocycles. The third-order valence-corrected chi connectivity index (χ3v) is 10.2. The second-order valence-corrected chi connectivity index (χ2v) is 12.9. The monoisotopic (exact) mass is 614 g/mol. The predicted octanol–water partition coefficient (Wildman–Crippen LogP) is 11.5. The average molecular weight is 615 g/mol. The van der Waals surface area contributed by atoms with E-state index >= 15 is 0 Å². The predicted molar refractivity (Wildman–Crippen MR) is 201 cm³/mol. The zero-order chi connectivity index (χ0) is 31.9. The van der Waals surface area contributed by atoms with Gasteiger partial charge in [0.1, 0.15) is 0 Å². The highest BCUT2D eigenvalue weighted by Gasteiger charge is 2.46. The summed E-state index contributed by atoms with van der Waals surface area (Å²) in [6.45, 7) is 0. The summed E-state index contributed by atoms with van der Waals surface area (Å²) < 4.78 is 0. The van der Waals surface area contributed by atoms with Crippen molar-refractivity contribution in [1.82, 2.24) is 9.97 Å². The first-order valence-corrected chi connectivity index (χ1v) is 16.8. The maximum Gasteiger partial charge on any atom is 0.0788 e. The van der Waals surface area contributed by atoms with Gasteiger partial charge in [-0.15, -0.1) is 0 Å². The van der Waals surface area contributed by atoms with E-state index in [1.165, 1.54) is 49.6 Å². The van der Waals surface area contributed by atoms with Crippen LogP contribution in [0.4, 0.5) is 0 Å². The van der Waals surface area contributed by atoms with Gasteiger partial charge in [-0.05, 0) is 88.9 Å². The first-order chi connectivity index (χ1) is 23.8. The van der Waals surface area contributed by atoms with Crippen LogP contribution >= 0.6 is 0 Å². The molecule has 4 aromatic carbocycles. The summed E-state index contributed by atoms with van der Waals surface area (Å²) in [6, 6.07) is 39.5. The molecule has 1 atom stereocenters. The van der Waals surface area contributed by atoms with E-state index in [-0.39, 0.29) is 5.41 Å². The molecule has 0 saturated carbocycles. The van der Waals surface area contributed by atoms with E-state index in [0.717, 1.165) is 47.3 Å². The van der Waals surface area contributed by atoms with Crippen molar-refractivity contribution in [3.8, 4) is 22.5 Å². The fourth-order valence-electron chi connectivity index (χ4n) is 8.02. The molecule has 0 amide bonds. The van der Waals surface area contributed by atoms with Gasteiger partial charge < -0.3 is 0 Å².